The first kappa shape index (κ1) is 15.3. The number of hydroxylamine groups is 2. The van der Waals surface area contributed by atoms with Gasteiger partial charge in [0.15, 0.2) is 4.90 Å². The summed E-state index contributed by atoms with van der Waals surface area (Å²) in [7, 11) is -5.05. The second-order valence-electron chi connectivity index (χ2n) is 4.53. The van der Waals surface area contributed by atoms with Gasteiger partial charge in [0.1, 0.15) is 11.6 Å². The molecule has 0 saturated heterocycles. The van der Waals surface area contributed by atoms with E-state index in [1.165, 1.54) is 24.3 Å². The van der Waals surface area contributed by atoms with E-state index in [4.69, 9.17) is 0 Å². The highest BCUT2D eigenvalue weighted by molar-refractivity contribution is 7.86. The van der Waals surface area contributed by atoms with E-state index in [1.54, 1.807) is 0 Å². The van der Waals surface area contributed by atoms with E-state index in [2.05, 4.69) is 4.28 Å². The summed E-state index contributed by atoms with van der Waals surface area (Å²) in [5.74, 6) is -4.87. The predicted molar refractivity (Wildman–Crippen MR) is 71.6 cm³/mol. The Bertz CT molecular complexity index is 887. The van der Waals surface area contributed by atoms with Crippen LogP contribution in [-0.4, -0.2) is 25.3 Å². The summed E-state index contributed by atoms with van der Waals surface area (Å²) in [4.78, 5) is 22.7. The number of halogens is 2. The number of nitrogens with zero attached hydrogens (tertiary/aromatic N) is 1. The van der Waals surface area contributed by atoms with Crippen molar-refractivity contribution in [2.24, 2.45) is 0 Å². The normalized spacial score (nSPS) is 14.3. The monoisotopic (exact) mass is 339 g/mol. The molecule has 0 radical (unpaired) electrons. The van der Waals surface area contributed by atoms with Crippen LogP contribution < -0.4 is 0 Å². The molecule has 6 nitrogen and oxygen atoms in total. The number of imide groups is 1. The lowest BCUT2D eigenvalue weighted by Crippen LogP contribution is -2.33. The van der Waals surface area contributed by atoms with E-state index in [1.807, 2.05) is 0 Å². The van der Waals surface area contributed by atoms with Crippen LogP contribution in [0, 0.1) is 11.6 Å². The number of fused-ring (bicyclic) bond motifs is 1. The number of hydrogen-bond donors (Lipinski definition) is 0. The molecule has 23 heavy (non-hydrogen) atoms. The highest BCUT2D eigenvalue weighted by atomic mass is 32.2. The fourth-order valence-electron chi connectivity index (χ4n) is 2.09. The minimum atomic E-state index is -5.05. The smallest absolute Gasteiger partial charge is 0.266 e. The molecule has 0 aliphatic carbocycles. The lowest BCUT2D eigenvalue weighted by atomic mass is 10.1. The van der Waals surface area contributed by atoms with Gasteiger partial charge in [-0.15, -0.1) is 9.35 Å². The Labute approximate surface area is 129 Å². The van der Waals surface area contributed by atoms with Crippen LogP contribution in [0.4, 0.5) is 8.78 Å². The third-order valence-electron chi connectivity index (χ3n) is 3.10. The maximum absolute atomic E-state index is 13.6. The molecular formula is C14H7F2NO5S. The van der Waals surface area contributed by atoms with Gasteiger partial charge in [0.25, 0.3) is 11.8 Å². The Morgan fingerprint density at radius 1 is 0.826 bits per heavy atom. The number of rotatable bonds is 3. The Morgan fingerprint density at radius 2 is 1.30 bits per heavy atom. The molecule has 0 aromatic heterocycles. The standard InChI is InChI=1S/C14H7F2NO5S/c15-10-6-3-7-11(16)12(10)23(20,21)22-17-13(18)8-4-1-2-5-9(8)14(17)19/h1-7H. The lowest BCUT2D eigenvalue weighted by molar-refractivity contribution is -0.0107. The molecule has 3 rings (SSSR count). The molecule has 118 valence electrons. The molecule has 0 bridgehead atoms. The summed E-state index contributed by atoms with van der Waals surface area (Å²) in [5, 5.41) is -0.0358. The molecule has 2 aromatic carbocycles. The van der Waals surface area contributed by atoms with E-state index in [-0.39, 0.29) is 16.2 Å². The Balaban J connectivity index is 2.00. The van der Waals surface area contributed by atoms with Gasteiger partial charge in [-0.25, -0.2) is 8.78 Å². The summed E-state index contributed by atoms with van der Waals surface area (Å²) in [5.41, 5.74) is -0.136. The molecule has 0 atom stereocenters. The number of benzene rings is 2. The van der Waals surface area contributed by atoms with Crippen molar-refractivity contribution >= 4 is 21.9 Å². The zero-order valence-corrected chi connectivity index (χ0v) is 12.0. The van der Waals surface area contributed by atoms with Gasteiger partial charge in [0, 0.05) is 0 Å². The second-order valence-corrected chi connectivity index (χ2v) is 6.00. The molecule has 1 aliphatic rings. The highest BCUT2D eigenvalue weighted by Gasteiger charge is 2.41. The summed E-state index contributed by atoms with van der Waals surface area (Å²) >= 11 is 0. The van der Waals surface area contributed by atoms with Gasteiger partial charge >= 0.3 is 10.1 Å². The van der Waals surface area contributed by atoms with Gasteiger partial charge in [-0.3, -0.25) is 9.59 Å². The van der Waals surface area contributed by atoms with E-state index in [9.17, 15) is 26.8 Å². The lowest BCUT2D eigenvalue weighted by Gasteiger charge is -2.13. The fourth-order valence-corrected chi connectivity index (χ4v) is 3.11. The topological polar surface area (TPSA) is 80.8 Å². The van der Waals surface area contributed by atoms with Crippen LogP contribution in [-0.2, 0) is 14.4 Å². The van der Waals surface area contributed by atoms with Crippen molar-refractivity contribution < 1.29 is 31.1 Å². The number of carbonyl (C=O) groups is 2. The Kier molecular flexibility index (Phi) is 3.46. The average Bonchev–Trinajstić information content (AvgIpc) is 2.72. The Morgan fingerprint density at radius 3 is 1.78 bits per heavy atom. The summed E-state index contributed by atoms with van der Waals surface area (Å²) < 4.78 is 55.6. The minimum absolute atomic E-state index is 0.0358. The van der Waals surface area contributed by atoms with Crippen LogP contribution in [0.2, 0.25) is 0 Å². The predicted octanol–water partition coefficient (Wildman–Crippen LogP) is 1.88. The van der Waals surface area contributed by atoms with Crippen molar-refractivity contribution in [2.45, 2.75) is 4.90 Å². The molecule has 0 spiro atoms. The average molecular weight is 339 g/mol. The summed E-state index contributed by atoms with van der Waals surface area (Å²) in [6.07, 6.45) is 0. The van der Waals surface area contributed by atoms with Gasteiger partial charge < -0.3 is 0 Å². The van der Waals surface area contributed by atoms with Gasteiger partial charge in [-0.05, 0) is 24.3 Å². The van der Waals surface area contributed by atoms with E-state index >= 15 is 0 Å². The maximum atomic E-state index is 13.6. The van der Waals surface area contributed by atoms with Crippen LogP contribution in [0.1, 0.15) is 20.7 Å². The zero-order chi connectivity index (χ0) is 16.8. The number of amides is 2. The van der Waals surface area contributed by atoms with Crippen molar-refractivity contribution in [1.29, 1.82) is 0 Å². The van der Waals surface area contributed by atoms with Crippen molar-refractivity contribution in [2.75, 3.05) is 0 Å². The quantitative estimate of drug-likeness (QED) is 0.798. The number of hydrogen-bond acceptors (Lipinski definition) is 5. The molecular weight excluding hydrogens is 332 g/mol. The van der Waals surface area contributed by atoms with Crippen LogP contribution in [0.25, 0.3) is 0 Å². The minimum Gasteiger partial charge on any atom is -0.266 e. The molecule has 1 aliphatic heterocycles. The van der Waals surface area contributed by atoms with E-state index in [0.29, 0.717) is 12.1 Å². The molecule has 0 saturated carbocycles. The largest absolute Gasteiger partial charge is 0.324 e. The first-order chi connectivity index (χ1) is 10.8. The summed E-state index contributed by atoms with van der Waals surface area (Å²) in [6, 6.07) is 7.93. The molecule has 0 unspecified atom stereocenters. The molecule has 2 aromatic rings. The fraction of sp³-hybridized carbons (Fsp3) is 0. The van der Waals surface area contributed by atoms with Crippen LogP contribution in [0.3, 0.4) is 0 Å². The van der Waals surface area contributed by atoms with Crippen LogP contribution in [0.5, 0.6) is 0 Å². The van der Waals surface area contributed by atoms with Crippen LogP contribution in [0.15, 0.2) is 47.4 Å². The number of carbonyl (C=O) groups excluding carboxylic acids is 2. The van der Waals surface area contributed by atoms with Crippen molar-refractivity contribution in [3.05, 3.63) is 65.2 Å². The van der Waals surface area contributed by atoms with Crippen molar-refractivity contribution in [1.82, 2.24) is 5.06 Å². The SMILES string of the molecule is O=C1c2ccccc2C(=O)N1OS(=O)(=O)c1c(F)cccc1F. The third-order valence-corrected chi connectivity index (χ3v) is 4.33. The van der Waals surface area contributed by atoms with Gasteiger partial charge in [-0.2, -0.15) is 8.42 Å². The second kappa shape index (κ2) is 5.21. The van der Waals surface area contributed by atoms with E-state index < -0.39 is 38.5 Å². The first-order valence-corrected chi connectivity index (χ1v) is 7.60. The molecule has 2 amide bonds. The van der Waals surface area contributed by atoms with Crippen LogP contribution >= 0.6 is 0 Å². The molecule has 1 heterocycles. The molecule has 9 heteroatoms. The third kappa shape index (κ3) is 2.39. The van der Waals surface area contributed by atoms with Gasteiger partial charge in [0.2, 0.25) is 0 Å². The molecule has 0 N–H and O–H groups in total. The summed E-state index contributed by atoms with van der Waals surface area (Å²) in [6.45, 7) is 0. The van der Waals surface area contributed by atoms with Crippen molar-refractivity contribution in [3.63, 3.8) is 0 Å². The van der Waals surface area contributed by atoms with E-state index in [0.717, 1.165) is 6.07 Å². The van der Waals surface area contributed by atoms with Gasteiger partial charge in [-0.1, -0.05) is 18.2 Å². The van der Waals surface area contributed by atoms with Crippen molar-refractivity contribution in [3.8, 4) is 0 Å². The highest BCUT2D eigenvalue weighted by Crippen LogP contribution is 2.27. The molecule has 0 fully saturated rings. The maximum Gasteiger partial charge on any atom is 0.324 e. The van der Waals surface area contributed by atoms with Gasteiger partial charge in [0.05, 0.1) is 11.1 Å². The first-order valence-electron chi connectivity index (χ1n) is 6.19. The Hall–Kier alpha value is -2.65. The zero-order valence-electron chi connectivity index (χ0n) is 11.2.